The lowest BCUT2D eigenvalue weighted by Crippen LogP contribution is -2.23. The second kappa shape index (κ2) is 11.0. The van der Waals surface area contributed by atoms with Gasteiger partial charge in [-0.05, 0) is 53.8 Å². The predicted octanol–water partition coefficient (Wildman–Crippen LogP) is 7.92. The van der Waals surface area contributed by atoms with Crippen molar-refractivity contribution in [2.75, 3.05) is 0 Å². The van der Waals surface area contributed by atoms with Crippen molar-refractivity contribution in [3.63, 3.8) is 0 Å². The zero-order valence-corrected chi connectivity index (χ0v) is 19.8. The summed E-state index contributed by atoms with van der Waals surface area (Å²) in [6.07, 6.45) is -0.770. The van der Waals surface area contributed by atoms with Gasteiger partial charge in [-0.3, -0.25) is 0 Å². The maximum Gasteiger partial charge on any atom is 0.429 e. The second-order valence-electron chi connectivity index (χ2n) is 8.26. The van der Waals surface area contributed by atoms with Crippen LogP contribution in [0.25, 0.3) is 11.1 Å². The molecule has 2 nitrogen and oxygen atoms in total. The molecule has 0 fully saturated rings. The number of halogens is 7. The average molecular weight is 529 g/mol. The first kappa shape index (κ1) is 26.7. The predicted molar refractivity (Wildman–Crippen MR) is 127 cm³/mol. The van der Waals surface area contributed by atoms with E-state index in [-0.39, 0.29) is 23.3 Å². The van der Waals surface area contributed by atoms with Crippen molar-refractivity contribution >= 4 is 0 Å². The Labute approximate surface area is 213 Å². The number of nitrogens with zero attached hydrogens (tertiary/aromatic N) is 1. The van der Waals surface area contributed by atoms with Crippen LogP contribution < -0.4 is 4.74 Å². The van der Waals surface area contributed by atoms with E-state index in [1.54, 1.807) is 12.3 Å². The molecule has 1 aromatic heterocycles. The Morgan fingerprint density at radius 1 is 0.789 bits per heavy atom. The van der Waals surface area contributed by atoms with E-state index < -0.39 is 46.5 Å². The van der Waals surface area contributed by atoms with Crippen LogP contribution in [-0.2, 0) is 12.5 Å². The molecule has 0 saturated heterocycles. The molecular formula is C29H18F7NO. The summed E-state index contributed by atoms with van der Waals surface area (Å²) in [7, 11) is 0. The highest BCUT2D eigenvalue weighted by molar-refractivity contribution is 5.66. The largest absolute Gasteiger partial charge is 0.429 e. The summed E-state index contributed by atoms with van der Waals surface area (Å²) in [6.45, 7) is 2.06. The maximum absolute atomic E-state index is 14.8. The molecule has 0 atom stereocenters. The standard InChI is InChI=1S/C29H18F7NO/c1-2-3-18-5-9-20(37-16-18)8-4-17-6-10-22(24(30)12-17)19-7-11-23(25(31)13-19)29(35,36)38-21-14-26(32)28(34)27(33)15-21/h5-7,9-16H,2-3H2,1H3. The molecule has 0 aliphatic carbocycles. The Morgan fingerprint density at radius 3 is 2.13 bits per heavy atom. The first-order chi connectivity index (χ1) is 18.1. The van der Waals surface area contributed by atoms with Gasteiger partial charge in [0.2, 0.25) is 0 Å². The fourth-order valence-corrected chi connectivity index (χ4v) is 3.61. The van der Waals surface area contributed by atoms with Gasteiger partial charge in [-0.15, -0.1) is 0 Å². The number of ether oxygens (including phenoxy) is 1. The summed E-state index contributed by atoms with van der Waals surface area (Å²) < 4.78 is 102. The van der Waals surface area contributed by atoms with Crippen LogP contribution in [0.4, 0.5) is 30.7 Å². The number of hydrogen-bond acceptors (Lipinski definition) is 2. The molecule has 4 rings (SSSR count). The minimum atomic E-state index is -4.37. The van der Waals surface area contributed by atoms with Crippen LogP contribution in [0.1, 0.15) is 35.7 Å². The van der Waals surface area contributed by atoms with E-state index in [2.05, 4.69) is 28.5 Å². The number of aromatic nitrogens is 1. The van der Waals surface area contributed by atoms with E-state index in [1.165, 1.54) is 12.1 Å². The van der Waals surface area contributed by atoms with Crippen LogP contribution in [0.3, 0.4) is 0 Å². The Balaban J connectivity index is 1.54. The Hall–Kier alpha value is -4.32. The Bertz CT molecular complexity index is 1520. The van der Waals surface area contributed by atoms with Gasteiger partial charge in [0.15, 0.2) is 17.5 Å². The van der Waals surface area contributed by atoms with Crippen LogP contribution in [0, 0.1) is 40.9 Å². The summed E-state index contributed by atoms with van der Waals surface area (Å²) in [5.41, 5.74) is 0.504. The van der Waals surface area contributed by atoms with E-state index in [4.69, 9.17) is 0 Å². The first-order valence-corrected chi connectivity index (χ1v) is 11.4. The monoisotopic (exact) mass is 529 g/mol. The summed E-state index contributed by atoms with van der Waals surface area (Å²) in [5, 5.41) is 0. The highest BCUT2D eigenvalue weighted by Gasteiger charge is 2.38. The minimum Gasteiger partial charge on any atom is -0.429 e. The highest BCUT2D eigenvalue weighted by Crippen LogP contribution is 2.36. The molecule has 0 saturated carbocycles. The topological polar surface area (TPSA) is 22.1 Å². The molecule has 0 aliphatic heterocycles. The van der Waals surface area contributed by atoms with Gasteiger partial charge in [0.1, 0.15) is 23.1 Å². The number of hydrogen-bond donors (Lipinski definition) is 0. The van der Waals surface area contributed by atoms with Gasteiger partial charge >= 0.3 is 6.11 Å². The number of rotatable bonds is 6. The molecule has 0 radical (unpaired) electrons. The van der Waals surface area contributed by atoms with Crippen molar-refractivity contribution in [2.45, 2.75) is 25.9 Å². The van der Waals surface area contributed by atoms with Crippen LogP contribution in [-0.4, -0.2) is 4.98 Å². The van der Waals surface area contributed by atoms with Crippen molar-refractivity contribution < 1.29 is 35.5 Å². The first-order valence-electron chi connectivity index (χ1n) is 11.4. The molecule has 9 heteroatoms. The molecule has 4 aromatic rings. The van der Waals surface area contributed by atoms with Gasteiger partial charge in [0, 0.05) is 29.5 Å². The van der Waals surface area contributed by atoms with Gasteiger partial charge in [-0.2, -0.15) is 8.78 Å². The van der Waals surface area contributed by atoms with E-state index >= 15 is 0 Å². The van der Waals surface area contributed by atoms with E-state index in [0.29, 0.717) is 23.4 Å². The third kappa shape index (κ3) is 5.97. The molecule has 38 heavy (non-hydrogen) atoms. The highest BCUT2D eigenvalue weighted by atomic mass is 19.3. The van der Waals surface area contributed by atoms with Crippen molar-refractivity contribution in [1.29, 1.82) is 0 Å². The fraction of sp³-hybridized carbons (Fsp3) is 0.138. The molecule has 194 valence electrons. The van der Waals surface area contributed by atoms with Crippen LogP contribution in [0.15, 0.2) is 66.9 Å². The van der Waals surface area contributed by atoms with Crippen molar-refractivity contribution in [1.82, 2.24) is 4.98 Å². The van der Waals surface area contributed by atoms with Gasteiger partial charge in [0.25, 0.3) is 0 Å². The van der Waals surface area contributed by atoms with Gasteiger partial charge in [-0.1, -0.05) is 37.5 Å². The van der Waals surface area contributed by atoms with Crippen molar-refractivity contribution in [3.05, 3.63) is 118 Å². The molecule has 0 unspecified atom stereocenters. The van der Waals surface area contributed by atoms with Gasteiger partial charge in [0.05, 0.1) is 5.56 Å². The van der Waals surface area contributed by atoms with Crippen LogP contribution >= 0.6 is 0 Å². The summed E-state index contributed by atoms with van der Waals surface area (Å²) in [4.78, 5) is 4.24. The Morgan fingerprint density at radius 2 is 1.53 bits per heavy atom. The number of benzene rings is 3. The summed E-state index contributed by atoms with van der Waals surface area (Å²) >= 11 is 0. The van der Waals surface area contributed by atoms with Crippen LogP contribution in [0.2, 0.25) is 0 Å². The SMILES string of the molecule is CCCc1ccc(C#Cc2ccc(-c3ccc(C(F)(F)Oc4cc(F)c(F)c(F)c4)c(F)c3)c(F)c2)nc1. The fourth-order valence-electron chi connectivity index (χ4n) is 3.61. The molecule has 0 amide bonds. The normalized spacial score (nSPS) is 11.2. The number of pyridine rings is 1. The smallest absolute Gasteiger partial charge is 0.429 e. The zero-order valence-electron chi connectivity index (χ0n) is 19.8. The van der Waals surface area contributed by atoms with Crippen molar-refractivity contribution in [2.24, 2.45) is 0 Å². The average Bonchev–Trinajstić information content (AvgIpc) is 2.86. The maximum atomic E-state index is 14.8. The van der Waals surface area contributed by atoms with Crippen LogP contribution in [0.5, 0.6) is 5.75 Å². The quantitative estimate of drug-likeness (QED) is 0.144. The lowest BCUT2D eigenvalue weighted by molar-refractivity contribution is -0.187. The van der Waals surface area contributed by atoms with Gasteiger partial charge in [-0.25, -0.2) is 26.9 Å². The van der Waals surface area contributed by atoms with E-state index in [9.17, 15) is 30.7 Å². The zero-order chi connectivity index (χ0) is 27.4. The Kier molecular flexibility index (Phi) is 7.72. The lowest BCUT2D eigenvalue weighted by Gasteiger charge is -2.19. The molecule has 0 N–H and O–H groups in total. The molecule has 1 heterocycles. The third-order valence-electron chi connectivity index (χ3n) is 5.46. The number of aryl methyl sites for hydroxylation is 1. The second-order valence-corrected chi connectivity index (χ2v) is 8.26. The molecule has 3 aromatic carbocycles. The molecule has 0 aliphatic rings. The third-order valence-corrected chi connectivity index (χ3v) is 5.46. The van der Waals surface area contributed by atoms with E-state index in [0.717, 1.165) is 30.5 Å². The molecule has 0 spiro atoms. The molecule has 0 bridgehead atoms. The number of alkyl halides is 2. The van der Waals surface area contributed by atoms with Gasteiger partial charge < -0.3 is 4.74 Å². The molecular weight excluding hydrogens is 511 g/mol. The minimum absolute atomic E-state index is 0.0499. The summed E-state index contributed by atoms with van der Waals surface area (Å²) in [6, 6.07) is 10.4. The lowest BCUT2D eigenvalue weighted by atomic mass is 10.0. The van der Waals surface area contributed by atoms with E-state index in [1.807, 2.05) is 6.07 Å². The summed E-state index contributed by atoms with van der Waals surface area (Å²) in [5.74, 6) is -3.04. The van der Waals surface area contributed by atoms with Crippen molar-refractivity contribution in [3.8, 4) is 28.7 Å².